The molecule has 0 radical (unpaired) electrons. The molecular formula is C18H24O2. The molecular weight excluding hydrogens is 248 g/mol. The number of esters is 1. The largest absolute Gasteiger partial charge is 0.423 e. The number of ether oxygens (including phenoxy) is 1. The van der Waals surface area contributed by atoms with Crippen molar-refractivity contribution in [1.29, 1.82) is 0 Å². The lowest BCUT2D eigenvalue weighted by atomic mass is 9.67. The number of carbonyl (C=O) groups excluding carboxylic acids is 1. The SMILES string of the molecule is C=C(C(=O)Oc1ccccc1)C1(CCC)CCCCC1. The Hall–Kier alpha value is -1.57. The van der Waals surface area contributed by atoms with Gasteiger partial charge in [0.2, 0.25) is 0 Å². The molecule has 0 aromatic heterocycles. The van der Waals surface area contributed by atoms with Gasteiger partial charge in [0.25, 0.3) is 0 Å². The zero-order valence-corrected chi connectivity index (χ0v) is 12.4. The summed E-state index contributed by atoms with van der Waals surface area (Å²) in [5.41, 5.74) is 0.640. The molecule has 2 heteroatoms. The number of carbonyl (C=O) groups is 1. The molecule has 0 aliphatic heterocycles. The lowest BCUT2D eigenvalue weighted by Crippen LogP contribution is -2.31. The quantitative estimate of drug-likeness (QED) is 0.433. The number of hydrogen-bond donors (Lipinski definition) is 0. The summed E-state index contributed by atoms with van der Waals surface area (Å²) in [4.78, 5) is 12.4. The standard InChI is InChI=1S/C18H24O2/c1-3-12-18(13-8-5-9-14-18)15(2)17(19)20-16-10-6-4-7-11-16/h4,6-7,10-11H,2-3,5,8-9,12-14H2,1H3. The second-order valence-corrected chi connectivity index (χ2v) is 5.77. The van der Waals surface area contributed by atoms with E-state index in [9.17, 15) is 4.79 Å². The highest BCUT2D eigenvalue weighted by molar-refractivity contribution is 5.91. The van der Waals surface area contributed by atoms with Crippen molar-refractivity contribution >= 4 is 5.97 Å². The van der Waals surface area contributed by atoms with Gasteiger partial charge in [-0.05, 0) is 31.4 Å². The van der Waals surface area contributed by atoms with E-state index in [1.165, 1.54) is 19.3 Å². The maximum atomic E-state index is 12.4. The Morgan fingerprint density at radius 3 is 2.45 bits per heavy atom. The molecule has 0 heterocycles. The van der Waals surface area contributed by atoms with Crippen molar-refractivity contribution in [2.45, 2.75) is 51.9 Å². The van der Waals surface area contributed by atoms with Crippen molar-refractivity contribution in [3.8, 4) is 5.75 Å². The van der Waals surface area contributed by atoms with Gasteiger partial charge >= 0.3 is 5.97 Å². The van der Waals surface area contributed by atoms with Crippen LogP contribution in [-0.4, -0.2) is 5.97 Å². The molecule has 1 aromatic rings. The molecule has 20 heavy (non-hydrogen) atoms. The Bertz CT molecular complexity index is 450. The van der Waals surface area contributed by atoms with Crippen LogP contribution in [0.2, 0.25) is 0 Å². The van der Waals surface area contributed by atoms with Crippen LogP contribution >= 0.6 is 0 Å². The molecule has 0 unspecified atom stereocenters. The summed E-state index contributed by atoms with van der Waals surface area (Å²) >= 11 is 0. The van der Waals surface area contributed by atoms with Gasteiger partial charge in [0, 0.05) is 11.0 Å². The second kappa shape index (κ2) is 6.74. The first-order valence-corrected chi connectivity index (χ1v) is 7.64. The van der Waals surface area contributed by atoms with Crippen molar-refractivity contribution < 1.29 is 9.53 Å². The number of rotatable bonds is 5. The van der Waals surface area contributed by atoms with E-state index in [4.69, 9.17) is 4.74 Å². The summed E-state index contributed by atoms with van der Waals surface area (Å²) in [5, 5.41) is 0. The van der Waals surface area contributed by atoms with Gasteiger partial charge < -0.3 is 4.74 Å². The minimum Gasteiger partial charge on any atom is -0.423 e. The van der Waals surface area contributed by atoms with Crippen LogP contribution in [0, 0.1) is 5.41 Å². The molecule has 0 atom stereocenters. The van der Waals surface area contributed by atoms with Crippen molar-refractivity contribution in [2.24, 2.45) is 5.41 Å². The van der Waals surface area contributed by atoms with Crippen LogP contribution in [0.3, 0.4) is 0 Å². The van der Waals surface area contributed by atoms with Gasteiger partial charge in [-0.15, -0.1) is 0 Å². The van der Waals surface area contributed by atoms with Crippen LogP contribution in [-0.2, 0) is 4.79 Å². The number of para-hydroxylation sites is 1. The summed E-state index contributed by atoms with van der Waals surface area (Å²) in [7, 11) is 0. The third-order valence-corrected chi connectivity index (χ3v) is 4.38. The molecule has 1 aliphatic carbocycles. The van der Waals surface area contributed by atoms with Crippen molar-refractivity contribution in [2.75, 3.05) is 0 Å². The van der Waals surface area contributed by atoms with E-state index in [1.807, 2.05) is 18.2 Å². The molecule has 0 saturated heterocycles. The molecule has 2 rings (SSSR count). The molecule has 1 aliphatic rings. The van der Waals surface area contributed by atoms with Crippen LogP contribution in [0.15, 0.2) is 42.5 Å². The third kappa shape index (κ3) is 3.30. The van der Waals surface area contributed by atoms with Gasteiger partial charge in [-0.1, -0.05) is 57.4 Å². The average Bonchev–Trinajstić information content (AvgIpc) is 2.48. The third-order valence-electron chi connectivity index (χ3n) is 4.38. The minimum atomic E-state index is -0.258. The Morgan fingerprint density at radius 1 is 1.20 bits per heavy atom. The first-order chi connectivity index (χ1) is 9.68. The summed E-state index contributed by atoms with van der Waals surface area (Å²) in [5.74, 6) is 0.340. The Kier molecular flexibility index (Phi) is 4.99. The van der Waals surface area contributed by atoms with Crippen molar-refractivity contribution in [3.05, 3.63) is 42.5 Å². The maximum Gasteiger partial charge on any atom is 0.339 e. The molecule has 108 valence electrons. The predicted octanol–water partition coefficient (Wildman–Crippen LogP) is 4.90. The highest BCUT2D eigenvalue weighted by Gasteiger charge is 2.37. The van der Waals surface area contributed by atoms with Crippen molar-refractivity contribution in [3.63, 3.8) is 0 Å². The summed E-state index contributed by atoms with van der Waals surface area (Å²) < 4.78 is 5.46. The van der Waals surface area contributed by atoms with E-state index >= 15 is 0 Å². The Balaban J connectivity index is 2.09. The molecule has 0 spiro atoms. The lowest BCUT2D eigenvalue weighted by Gasteiger charge is -2.38. The Morgan fingerprint density at radius 2 is 1.85 bits per heavy atom. The van der Waals surface area contributed by atoms with Gasteiger partial charge in [-0.3, -0.25) is 0 Å². The topological polar surface area (TPSA) is 26.3 Å². The van der Waals surface area contributed by atoms with E-state index in [0.717, 1.165) is 25.7 Å². The second-order valence-electron chi connectivity index (χ2n) is 5.77. The summed E-state index contributed by atoms with van der Waals surface area (Å²) in [6.45, 7) is 6.26. The zero-order valence-electron chi connectivity index (χ0n) is 12.4. The maximum absolute atomic E-state index is 12.4. The first kappa shape index (κ1) is 14.8. The fourth-order valence-electron chi connectivity index (χ4n) is 3.28. The predicted molar refractivity (Wildman–Crippen MR) is 81.6 cm³/mol. The van der Waals surface area contributed by atoms with Gasteiger partial charge in [0.15, 0.2) is 0 Å². The molecule has 2 nitrogen and oxygen atoms in total. The van der Waals surface area contributed by atoms with Crippen LogP contribution in [0.1, 0.15) is 51.9 Å². The first-order valence-electron chi connectivity index (χ1n) is 7.64. The molecule has 1 fully saturated rings. The lowest BCUT2D eigenvalue weighted by molar-refractivity contribution is -0.131. The highest BCUT2D eigenvalue weighted by Crippen LogP contribution is 2.45. The highest BCUT2D eigenvalue weighted by atomic mass is 16.5. The van der Waals surface area contributed by atoms with Crippen LogP contribution in [0.4, 0.5) is 0 Å². The van der Waals surface area contributed by atoms with Crippen LogP contribution in [0.25, 0.3) is 0 Å². The molecule has 0 bridgehead atoms. The van der Waals surface area contributed by atoms with E-state index < -0.39 is 0 Å². The van der Waals surface area contributed by atoms with E-state index in [1.54, 1.807) is 12.1 Å². The van der Waals surface area contributed by atoms with E-state index in [-0.39, 0.29) is 11.4 Å². The summed E-state index contributed by atoms with van der Waals surface area (Å²) in [6, 6.07) is 9.25. The zero-order chi connectivity index (χ0) is 14.4. The smallest absolute Gasteiger partial charge is 0.339 e. The molecule has 1 saturated carbocycles. The van der Waals surface area contributed by atoms with Gasteiger partial charge in [0.1, 0.15) is 5.75 Å². The van der Waals surface area contributed by atoms with Gasteiger partial charge in [-0.2, -0.15) is 0 Å². The van der Waals surface area contributed by atoms with Gasteiger partial charge in [-0.25, -0.2) is 4.79 Å². The van der Waals surface area contributed by atoms with Crippen LogP contribution in [0.5, 0.6) is 5.75 Å². The Labute approximate surface area is 121 Å². The van der Waals surface area contributed by atoms with Crippen molar-refractivity contribution in [1.82, 2.24) is 0 Å². The fourth-order valence-corrected chi connectivity index (χ4v) is 3.28. The van der Waals surface area contributed by atoms with Crippen LogP contribution < -0.4 is 4.74 Å². The monoisotopic (exact) mass is 272 g/mol. The van der Waals surface area contributed by atoms with E-state index in [0.29, 0.717) is 11.3 Å². The normalized spacial score (nSPS) is 17.4. The average molecular weight is 272 g/mol. The summed E-state index contributed by atoms with van der Waals surface area (Å²) in [6.07, 6.45) is 7.92. The molecule has 0 N–H and O–H groups in total. The van der Waals surface area contributed by atoms with E-state index in [2.05, 4.69) is 13.5 Å². The minimum absolute atomic E-state index is 0.0289. The molecule has 0 amide bonds. The number of hydrogen-bond acceptors (Lipinski definition) is 2. The van der Waals surface area contributed by atoms with Gasteiger partial charge in [0.05, 0.1) is 0 Å². The fraction of sp³-hybridized carbons (Fsp3) is 0.500. The molecule has 1 aromatic carbocycles. The number of benzene rings is 1.